The molecule has 1 fully saturated rings. The van der Waals surface area contributed by atoms with Crippen molar-refractivity contribution in [2.24, 2.45) is 0 Å². The van der Waals surface area contributed by atoms with Crippen molar-refractivity contribution in [3.63, 3.8) is 0 Å². The first-order valence-corrected chi connectivity index (χ1v) is 6.57. The molecule has 0 aromatic heterocycles. The molecule has 2 atom stereocenters. The van der Waals surface area contributed by atoms with Crippen LogP contribution >= 0.6 is 0 Å². The summed E-state index contributed by atoms with van der Waals surface area (Å²) in [7, 11) is 0. The molecule has 0 saturated carbocycles. The number of aryl methyl sites for hydroxylation is 1. The number of ether oxygens (including phenoxy) is 3. The van der Waals surface area contributed by atoms with E-state index in [1.54, 1.807) is 12.1 Å². The Labute approximate surface area is 117 Å². The summed E-state index contributed by atoms with van der Waals surface area (Å²) >= 11 is 0. The van der Waals surface area contributed by atoms with Gasteiger partial charge in [-0.2, -0.15) is 0 Å². The summed E-state index contributed by atoms with van der Waals surface area (Å²) in [6.07, 6.45) is 0.102. The molecule has 1 aromatic rings. The molecule has 0 radical (unpaired) electrons. The van der Waals surface area contributed by atoms with Crippen molar-refractivity contribution in [3.8, 4) is 0 Å². The maximum Gasteiger partial charge on any atom is 0.338 e. The summed E-state index contributed by atoms with van der Waals surface area (Å²) < 4.78 is 15.7. The van der Waals surface area contributed by atoms with Crippen molar-refractivity contribution < 1.29 is 23.8 Å². The largest absolute Gasteiger partial charge is 0.460 e. The molecule has 1 aliphatic heterocycles. The molecule has 0 aliphatic carbocycles. The molecular weight excluding hydrogens is 260 g/mol. The number of hydrogen-bond donors (Lipinski definition) is 0. The van der Waals surface area contributed by atoms with Crippen LogP contribution in [-0.2, 0) is 19.0 Å². The van der Waals surface area contributed by atoms with E-state index in [1.165, 1.54) is 6.92 Å². The third-order valence-corrected chi connectivity index (χ3v) is 3.06. The number of rotatable bonds is 4. The highest BCUT2D eigenvalue weighted by atomic mass is 16.6. The smallest absolute Gasteiger partial charge is 0.338 e. The molecule has 108 valence electrons. The second kappa shape index (κ2) is 6.52. The SMILES string of the molecule is CC(=O)O[C@H]1CO[C@H](COC(=O)c2ccc(C)cc2)C1. The molecule has 0 N–H and O–H groups in total. The molecule has 20 heavy (non-hydrogen) atoms. The second-order valence-corrected chi connectivity index (χ2v) is 4.89. The van der Waals surface area contributed by atoms with Crippen molar-refractivity contribution in [2.75, 3.05) is 13.2 Å². The third kappa shape index (κ3) is 4.06. The zero-order chi connectivity index (χ0) is 14.5. The Balaban J connectivity index is 1.77. The van der Waals surface area contributed by atoms with Crippen LogP contribution < -0.4 is 0 Å². The highest BCUT2D eigenvalue weighted by Crippen LogP contribution is 2.17. The fourth-order valence-corrected chi connectivity index (χ4v) is 2.05. The summed E-state index contributed by atoms with van der Waals surface area (Å²) in [6, 6.07) is 7.18. The summed E-state index contributed by atoms with van der Waals surface area (Å²) in [5, 5.41) is 0. The first kappa shape index (κ1) is 14.5. The second-order valence-electron chi connectivity index (χ2n) is 4.89. The van der Waals surface area contributed by atoms with Gasteiger partial charge in [0.15, 0.2) is 0 Å². The van der Waals surface area contributed by atoms with E-state index in [4.69, 9.17) is 14.2 Å². The average molecular weight is 278 g/mol. The van der Waals surface area contributed by atoms with Crippen LogP contribution in [-0.4, -0.2) is 37.4 Å². The molecule has 0 amide bonds. The van der Waals surface area contributed by atoms with E-state index >= 15 is 0 Å². The first-order valence-electron chi connectivity index (χ1n) is 6.57. The quantitative estimate of drug-likeness (QED) is 0.787. The van der Waals surface area contributed by atoms with E-state index in [2.05, 4.69) is 0 Å². The summed E-state index contributed by atoms with van der Waals surface area (Å²) in [5.41, 5.74) is 1.61. The van der Waals surface area contributed by atoms with Gasteiger partial charge in [0.05, 0.1) is 18.3 Å². The lowest BCUT2D eigenvalue weighted by Crippen LogP contribution is -2.19. The van der Waals surface area contributed by atoms with E-state index < -0.39 is 0 Å². The molecule has 2 rings (SSSR count). The molecule has 1 aliphatic rings. The van der Waals surface area contributed by atoms with Gasteiger partial charge in [0, 0.05) is 13.3 Å². The lowest BCUT2D eigenvalue weighted by molar-refractivity contribution is -0.146. The third-order valence-electron chi connectivity index (χ3n) is 3.06. The maximum atomic E-state index is 11.8. The van der Waals surface area contributed by atoms with E-state index in [1.807, 2.05) is 19.1 Å². The molecule has 1 aromatic carbocycles. The van der Waals surface area contributed by atoms with Crippen molar-refractivity contribution >= 4 is 11.9 Å². The van der Waals surface area contributed by atoms with Gasteiger partial charge in [-0.1, -0.05) is 17.7 Å². The van der Waals surface area contributed by atoms with Crippen LogP contribution in [0.15, 0.2) is 24.3 Å². The summed E-state index contributed by atoms with van der Waals surface area (Å²) in [6.45, 7) is 3.85. The predicted molar refractivity (Wildman–Crippen MR) is 71.4 cm³/mol. The van der Waals surface area contributed by atoms with Gasteiger partial charge in [0.1, 0.15) is 12.7 Å². The Morgan fingerprint density at radius 1 is 1.30 bits per heavy atom. The van der Waals surface area contributed by atoms with Crippen LogP contribution in [0.2, 0.25) is 0 Å². The van der Waals surface area contributed by atoms with Crippen LogP contribution in [0.4, 0.5) is 0 Å². The molecule has 0 unspecified atom stereocenters. The van der Waals surface area contributed by atoms with E-state index in [0.29, 0.717) is 18.6 Å². The fraction of sp³-hybridized carbons (Fsp3) is 0.467. The van der Waals surface area contributed by atoms with Gasteiger partial charge in [-0.15, -0.1) is 0 Å². The number of hydrogen-bond acceptors (Lipinski definition) is 5. The topological polar surface area (TPSA) is 61.8 Å². The van der Waals surface area contributed by atoms with E-state index in [9.17, 15) is 9.59 Å². The maximum absolute atomic E-state index is 11.8. The summed E-state index contributed by atoms with van der Waals surface area (Å²) in [4.78, 5) is 22.6. The van der Waals surface area contributed by atoms with Crippen molar-refractivity contribution in [3.05, 3.63) is 35.4 Å². The number of benzene rings is 1. The van der Waals surface area contributed by atoms with Gasteiger partial charge < -0.3 is 14.2 Å². The Morgan fingerprint density at radius 2 is 2.00 bits per heavy atom. The number of esters is 2. The Morgan fingerprint density at radius 3 is 2.65 bits per heavy atom. The minimum atomic E-state index is -0.371. The highest BCUT2D eigenvalue weighted by Gasteiger charge is 2.28. The van der Waals surface area contributed by atoms with Crippen LogP contribution in [0.1, 0.15) is 29.3 Å². The monoisotopic (exact) mass is 278 g/mol. The average Bonchev–Trinajstić information content (AvgIpc) is 2.83. The van der Waals surface area contributed by atoms with Crippen LogP contribution in [0.3, 0.4) is 0 Å². The lowest BCUT2D eigenvalue weighted by Gasteiger charge is -2.10. The predicted octanol–water partition coefficient (Wildman–Crippen LogP) is 1.87. The molecule has 5 heteroatoms. The highest BCUT2D eigenvalue weighted by molar-refractivity contribution is 5.89. The van der Waals surface area contributed by atoms with Crippen molar-refractivity contribution in [1.29, 1.82) is 0 Å². The molecule has 1 heterocycles. The zero-order valence-corrected chi connectivity index (χ0v) is 11.6. The van der Waals surface area contributed by atoms with Crippen LogP contribution in [0, 0.1) is 6.92 Å². The molecule has 5 nitrogen and oxygen atoms in total. The number of carbonyl (C=O) groups is 2. The van der Waals surface area contributed by atoms with E-state index in [0.717, 1.165) is 5.56 Å². The Hall–Kier alpha value is -1.88. The molecule has 0 bridgehead atoms. The van der Waals surface area contributed by atoms with Gasteiger partial charge in [-0.05, 0) is 19.1 Å². The molecular formula is C15H18O5. The van der Waals surface area contributed by atoms with Crippen LogP contribution in [0.5, 0.6) is 0 Å². The normalized spacial score (nSPS) is 21.5. The van der Waals surface area contributed by atoms with Crippen molar-refractivity contribution in [1.82, 2.24) is 0 Å². The minimum Gasteiger partial charge on any atom is -0.460 e. The van der Waals surface area contributed by atoms with E-state index in [-0.39, 0.29) is 30.8 Å². The van der Waals surface area contributed by atoms with Gasteiger partial charge in [0.2, 0.25) is 0 Å². The summed E-state index contributed by atoms with van der Waals surface area (Å²) in [5.74, 6) is -0.694. The zero-order valence-electron chi connectivity index (χ0n) is 11.6. The lowest BCUT2D eigenvalue weighted by atomic mass is 10.1. The van der Waals surface area contributed by atoms with Crippen LogP contribution in [0.25, 0.3) is 0 Å². The number of carbonyl (C=O) groups excluding carboxylic acids is 2. The minimum absolute atomic E-state index is 0.171. The van der Waals surface area contributed by atoms with Gasteiger partial charge >= 0.3 is 11.9 Å². The Bertz CT molecular complexity index is 480. The standard InChI is InChI=1S/C15H18O5/c1-10-3-5-12(6-4-10)15(17)19-8-13-7-14(9-18-13)20-11(2)16/h3-6,13-14H,7-9H2,1-2H3/t13-,14+/m0/s1. The Kier molecular flexibility index (Phi) is 4.74. The fourth-order valence-electron chi connectivity index (χ4n) is 2.05. The molecule has 1 saturated heterocycles. The van der Waals surface area contributed by atoms with Gasteiger partial charge in [0.25, 0.3) is 0 Å². The van der Waals surface area contributed by atoms with Gasteiger partial charge in [-0.25, -0.2) is 4.79 Å². The molecule has 0 spiro atoms. The first-order chi connectivity index (χ1) is 9.54. The van der Waals surface area contributed by atoms with Gasteiger partial charge in [-0.3, -0.25) is 4.79 Å². The van der Waals surface area contributed by atoms with Crippen molar-refractivity contribution in [2.45, 2.75) is 32.5 Å².